The van der Waals surface area contributed by atoms with Crippen LogP contribution < -0.4 is 5.32 Å². The molecule has 96 valence electrons. The number of nitrogens with zero attached hydrogens (tertiary/aromatic N) is 1. The van der Waals surface area contributed by atoms with Gasteiger partial charge in [0.15, 0.2) is 0 Å². The van der Waals surface area contributed by atoms with E-state index in [-0.39, 0.29) is 16.7 Å². The minimum atomic E-state index is -4.24. The van der Waals surface area contributed by atoms with Crippen molar-refractivity contribution in [2.45, 2.75) is 16.9 Å². The van der Waals surface area contributed by atoms with Crippen molar-refractivity contribution in [2.75, 3.05) is 5.32 Å². The Morgan fingerprint density at radius 3 is 2.50 bits per heavy atom. The molecule has 18 heavy (non-hydrogen) atoms. The monoisotopic (exact) mass is 290 g/mol. The Bertz CT molecular complexity index is 480. The van der Waals surface area contributed by atoms with E-state index >= 15 is 0 Å². The lowest BCUT2D eigenvalue weighted by Gasteiger charge is -2.07. The summed E-state index contributed by atoms with van der Waals surface area (Å²) in [6, 6.07) is 6.15. The summed E-state index contributed by atoms with van der Waals surface area (Å²) < 4.78 is 36.3. The summed E-state index contributed by atoms with van der Waals surface area (Å²) in [4.78, 5) is 4.28. The van der Waals surface area contributed by atoms with Crippen molar-refractivity contribution < 1.29 is 13.2 Å². The molecule has 1 aromatic heterocycles. The molecule has 0 atom stereocenters. The molecule has 2 nitrogen and oxygen atoms in total. The topological polar surface area (TPSA) is 24.9 Å². The minimum Gasteiger partial charge on any atom is -0.379 e. The van der Waals surface area contributed by atoms with E-state index in [2.05, 4.69) is 10.3 Å². The maximum Gasteiger partial charge on any atom is 0.446 e. The van der Waals surface area contributed by atoms with Gasteiger partial charge in [0, 0.05) is 22.2 Å². The third-order valence-corrected chi connectivity index (χ3v) is 3.53. The molecule has 1 N–H and O–H groups in total. The molecule has 2 aromatic rings. The van der Waals surface area contributed by atoms with E-state index in [4.69, 9.17) is 0 Å². The summed E-state index contributed by atoms with van der Waals surface area (Å²) in [5, 5.41) is 5.90. The van der Waals surface area contributed by atoms with Crippen molar-refractivity contribution in [3.8, 4) is 0 Å². The minimum absolute atomic E-state index is 0.113. The lowest BCUT2D eigenvalue weighted by molar-refractivity contribution is -0.0328. The molecule has 1 heterocycles. The van der Waals surface area contributed by atoms with Crippen LogP contribution in [0.4, 0.5) is 18.9 Å². The Labute approximate surface area is 110 Å². The fourth-order valence-electron chi connectivity index (χ4n) is 1.29. The number of rotatable bonds is 4. The van der Waals surface area contributed by atoms with E-state index < -0.39 is 5.51 Å². The molecular formula is C11H9F3N2S2. The molecule has 0 aliphatic heterocycles. The number of nitrogens with one attached hydrogen (secondary N) is 1. The summed E-state index contributed by atoms with van der Waals surface area (Å²) in [5.74, 6) is 0. The Hall–Kier alpha value is -1.21. The zero-order chi connectivity index (χ0) is 13.0. The van der Waals surface area contributed by atoms with Gasteiger partial charge in [-0.1, -0.05) is 0 Å². The Morgan fingerprint density at radius 1 is 1.22 bits per heavy atom. The van der Waals surface area contributed by atoms with Crippen LogP contribution >= 0.6 is 23.1 Å². The van der Waals surface area contributed by atoms with Gasteiger partial charge in [0.05, 0.1) is 6.54 Å². The first kappa shape index (κ1) is 13.2. The van der Waals surface area contributed by atoms with Gasteiger partial charge in [-0.3, -0.25) is 0 Å². The fraction of sp³-hybridized carbons (Fsp3) is 0.182. The summed E-state index contributed by atoms with van der Waals surface area (Å²) >= 11 is 1.41. The van der Waals surface area contributed by atoms with Crippen molar-refractivity contribution in [2.24, 2.45) is 0 Å². The largest absolute Gasteiger partial charge is 0.446 e. The van der Waals surface area contributed by atoms with Crippen LogP contribution in [0.3, 0.4) is 0 Å². The first-order valence-electron chi connectivity index (χ1n) is 5.01. The predicted molar refractivity (Wildman–Crippen MR) is 67.8 cm³/mol. The first-order valence-corrected chi connectivity index (χ1v) is 6.70. The molecule has 0 radical (unpaired) electrons. The second-order valence-electron chi connectivity index (χ2n) is 3.35. The molecule has 7 heteroatoms. The Balaban J connectivity index is 1.91. The zero-order valence-electron chi connectivity index (χ0n) is 9.07. The average molecular weight is 290 g/mol. The van der Waals surface area contributed by atoms with Gasteiger partial charge >= 0.3 is 5.51 Å². The van der Waals surface area contributed by atoms with Gasteiger partial charge < -0.3 is 5.32 Å². The normalized spacial score (nSPS) is 11.5. The van der Waals surface area contributed by atoms with Crippen LogP contribution in [-0.2, 0) is 6.54 Å². The van der Waals surface area contributed by atoms with Gasteiger partial charge in [-0.15, -0.1) is 11.3 Å². The van der Waals surface area contributed by atoms with Crippen LogP contribution in [0.15, 0.2) is 40.7 Å². The quantitative estimate of drug-likeness (QED) is 0.846. The predicted octanol–water partition coefficient (Wildman–Crippen LogP) is 4.37. The number of hydrogen-bond donors (Lipinski definition) is 1. The zero-order valence-corrected chi connectivity index (χ0v) is 10.7. The molecule has 0 fully saturated rings. The summed E-state index contributed by atoms with van der Waals surface area (Å²) in [6.07, 6.45) is 1.71. The third kappa shape index (κ3) is 4.23. The van der Waals surface area contributed by atoms with Crippen molar-refractivity contribution in [1.29, 1.82) is 0 Å². The summed E-state index contributed by atoms with van der Waals surface area (Å²) in [7, 11) is 0. The highest BCUT2D eigenvalue weighted by Gasteiger charge is 2.28. The second-order valence-corrected chi connectivity index (χ2v) is 5.47. The summed E-state index contributed by atoms with van der Waals surface area (Å²) in [6.45, 7) is 0.573. The molecule has 0 bridgehead atoms. The highest BCUT2D eigenvalue weighted by molar-refractivity contribution is 8.00. The van der Waals surface area contributed by atoms with Gasteiger partial charge in [0.25, 0.3) is 0 Å². The number of aromatic nitrogens is 1. The summed E-state index contributed by atoms with van der Waals surface area (Å²) in [5.41, 5.74) is -3.47. The van der Waals surface area contributed by atoms with Crippen LogP contribution in [0.5, 0.6) is 0 Å². The number of anilines is 1. The SMILES string of the molecule is FC(F)(F)Sc1ccc(NCc2nccs2)cc1. The van der Waals surface area contributed by atoms with Gasteiger partial charge in [0.1, 0.15) is 5.01 Å². The van der Waals surface area contributed by atoms with Gasteiger partial charge in [-0.2, -0.15) is 13.2 Å². The number of thiazole rings is 1. The molecular weight excluding hydrogens is 281 g/mol. The number of alkyl halides is 3. The number of halogens is 3. The molecule has 0 saturated carbocycles. The Morgan fingerprint density at radius 2 is 1.94 bits per heavy atom. The van der Waals surface area contributed by atoms with E-state index in [9.17, 15) is 13.2 Å². The third-order valence-electron chi connectivity index (χ3n) is 2.02. The van der Waals surface area contributed by atoms with Crippen LogP contribution in [0.25, 0.3) is 0 Å². The number of benzene rings is 1. The molecule has 0 saturated heterocycles. The fourth-order valence-corrected chi connectivity index (χ4v) is 2.39. The molecule has 0 aliphatic rings. The van der Waals surface area contributed by atoms with Crippen LogP contribution in [0.1, 0.15) is 5.01 Å². The first-order chi connectivity index (χ1) is 8.53. The van der Waals surface area contributed by atoms with Crippen molar-refractivity contribution in [3.05, 3.63) is 40.8 Å². The average Bonchev–Trinajstić information content (AvgIpc) is 2.79. The number of hydrogen-bond acceptors (Lipinski definition) is 4. The smallest absolute Gasteiger partial charge is 0.379 e. The van der Waals surface area contributed by atoms with Crippen LogP contribution in [0, 0.1) is 0 Å². The highest BCUT2D eigenvalue weighted by Crippen LogP contribution is 2.37. The van der Waals surface area contributed by atoms with E-state index in [1.54, 1.807) is 18.3 Å². The van der Waals surface area contributed by atoms with Crippen molar-refractivity contribution in [1.82, 2.24) is 4.98 Å². The maximum atomic E-state index is 12.1. The van der Waals surface area contributed by atoms with Crippen LogP contribution in [-0.4, -0.2) is 10.5 Å². The standard InChI is InChI=1S/C11H9F3N2S2/c12-11(13,14)18-9-3-1-8(2-4-9)16-7-10-15-5-6-17-10/h1-6,16H,7H2. The molecule has 1 aromatic carbocycles. The van der Waals surface area contributed by atoms with E-state index in [0.29, 0.717) is 6.54 Å². The lowest BCUT2D eigenvalue weighted by Crippen LogP contribution is -2.00. The van der Waals surface area contributed by atoms with Gasteiger partial charge in [-0.05, 0) is 36.0 Å². The molecule has 2 rings (SSSR count). The van der Waals surface area contributed by atoms with E-state index in [1.807, 2.05) is 5.38 Å². The lowest BCUT2D eigenvalue weighted by atomic mass is 10.3. The van der Waals surface area contributed by atoms with E-state index in [0.717, 1.165) is 10.7 Å². The second kappa shape index (κ2) is 5.62. The number of thioether (sulfide) groups is 1. The molecule has 0 amide bonds. The maximum absolute atomic E-state index is 12.1. The highest BCUT2D eigenvalue weighted by atomic mass is 32.2. The van der Waals surface area contributed by atoms with Crippen molar-refractivity contribution in [3.63, 3.8) is 0 Å². The van der Waals surface area contributed by atoms with E-state index in [1.165, 1.54) is 23.5 Å². The van der Waals surface area contributed by atoms with Gasteiger partial charge in [0.2, 0.25) is 0 Å². The Kier molecular flexibility index (Phi) is 4.13. The molecule has 0 aliphatic carbocycles. The van der Waals surface area contributed by atoms with Crippen molar-refractivity contribution >= 4 is 28.8 Å². The van der Waals surface area contributed by atoms with Crippen LogP contribution in [0.2, 0.25) is 0 Å². The molecule has 0 spiro atoms. The van der Waals surface area contributed by atoms with Gasteiger partial charge in [-0.25, -0.2) is 4.98 Å². The molecule has 0 unspecified atom stereocenters.